The van der Waals surface area contributed by atoms with E-state index in [1.165, 1.54) is 7.11 Å². The third kappa shape index (κ3) is 3.38. The molecule has 0 spiro atoms. The van der Waals surface area contributed by atoms with E-state index >= 15 is 0 Å². The van der Waals surface area contributed by atoms with E-state index in [1.807, 2.05) is 0 Å². The maximum Gasteiger partial charge on any atom is 0.330 e. The number of carbonyl (C=O) groups excluding carboxylic acids is 1. The molecule has 1 heterocycles. The molecule has 0 aliphatic heterocycles. The Bertz CT molecular complexity index is 508. The van der Waals surface area contributed by atoms with Crippen LogP contribution in [0.15, 0.2) is 10.7 Å². The largest absolute Gasteiger partial charge is 0.467 e. The highest BCUT2D eigenvalue weighted by atomic mass is 79.9. The van der Waals surface area contributed by atoms with E-state index in [0.29, 0.717) is 10.0 Å². The topological polar surface area (TPSA) is 115 Å². The number of aromatic nitrogens is 1. The first-order valence-corrected chi connectivity index (χ1v) is 5.96. The molecule has 0 amide bonds. The van der Waals surface area contributed by atoms with E-state index < -0.39 is 23.5 Å². The fourth-order valence-electron chi connectivity index (χ4n) is 1.34. The first-order chi connectivity index (χ1) is 8.92. The number of aliphatic hydroxyl groups excluding tert-OH is 1. The number of hydrogen-bond donors (Lipinski definition) is 2. The van der Waals surface area contributed by atoms with Crippen LogP contribution >= 0.6 is 15.9 Å². The predicted octanol–water partition coefficient (Wildman–Crippen LogP) is 1.01. The molecule has 19 heavy (non-hydrogen) atoms. The Morgan fingerprint density at radius 2 is 2.37 bits per heavy atom. The predicted molar refractivity (Wildman–Crippen MR) is 69.8 cm³/mol. The Morgan fingerprint density at radius 3 is 2.84 bits per heavy atom. The zero-order valence-corrected chi connectivity index (χ0v) is 11.8. The van der Waals surface area contributed by atoms with Gasteiger partial charge in [-0.3, -0.25) is 10.1 Å². The first kappa shape index (κ1) is 15.3. The number of methoxy groups -OCH3 is 1. The van der Waals surface area contributed by atoms with Gasteiger partial charge in [-0.05, 0) is 22.9 Å². The Balaban J connectivity index is 3.06. The maximum atomic E-state index is 11.3. The molecule has 2 N–H and O–H groups in total. The second kappa shape index (κ2) is 6.43. The third-order valence-electron chi connectivity index (χ3n) is 2.41. The molecule has 0 saturated heterocycles. The fourth-order valence-corrected chi connectivity index (χ4v) is 1.76. The molecular weight excluding hydrogens is 322 g/mol. The molecule has 8 nitrogen and oxygen atoms in total. The van der Waals surface area contributed by atoms with Crippen LogP contribution in [0.5, 0.6) is 0 Å². The summed E-state index contributed by atoms with van der Waals surface area (Å²) in [5.41, 5.74) is 0.222. The van der Waals surface area contributed by atoms with Crippen LogP contribution in [0.4, 0.5) is 11.5 Å². The van der Waals surface area contributed by atoms with E-state index in [-0.39, 0.29) is 11.5 Å². The lowest BCUT2D eigenvalue weighted by Gasteiger charge is -2.16. The van der Waals surface area contributed by atoms with Crippen molar-refractivity contribution in [3.05, 3.63) is 26.3 Å². The fraction of sp³-hybridized carbons (Fsp3) is 0.400. The second-order valence-corrected chi connectivity index (χ2v) is 4.38. The standard InChI is InChI=1S/C10H12BrN3O5/c1-5-7(14(17)18)3-12-9(8(5)11)13-6(4-15)10(16)19-2/h3,6,15H,4H2,1-2H3,(H,12,13). The van der Waals surface area contributed by atoms with E-state index in [2.05, 4.69) is 31.0 Å². The van der Waals surface area contributed by atoms with Crippen molar-refractivity contribution in [2.24, 2.45) is 0 Å². The van der Waals surface area contributed by atoms with Crippen molar-refractivity contribution in [3.63, 3.8) is 0 Å². The highest BCUT2D eigenvalue weighted by Gasteiger charge is 2.22. The van der Waals surface area contributed by atoms with Crippen molar-refractivity contribution in [2.75, 3.05) is 19.0 Å². The van der Waals surface area contributed by atoms with Crippen LogP contribution < -0.4 is 5.32 Å². The number of hydrogen-bond acceptors (Lipinski definition) is 7. The SMILES string of the molecule is COC(=O)C(CO)Nc1ncc([N+](=O)[O-])c(C)c1Br. The molecule has 0 aromatic carbocycles. The highest BCUT2D eigenvalue weighted by Crippen LogP contribution is 2.30. The number of pyridine rings is 1. The lowest BCUT2D eigenvalue weighted by Crippen LogP contribution is -2.34. The van der Waals surface area contributed by atoms with Gasteiger partial charge in [-0.15, -0.1) is 0 Å². The summed E-state index contributed by atoms with van der Waals surface area (Å²) in [5, 5.41) is 22.5. The summed E-state index contributed by atoms with van der Waals surface area (Å²) in [6, 6.07) is -0.991. The highest BCUT2D eigenvalue weighted by molar-refractivity contribution is 9.10. The van der Waals surface area contributed by atoms with E-state index in [4.69, 9.17) is 5.11 Å². The molecule has 0 aliphatic carbocycles. The first-order valence-electron chi connectivity index (χ1n) is 5.17. The van der Waals surface area contributed by atoms with Crippen LogP contribution in [0, 0.1) is 17.0 Å². The van der Waals surface area contributed by atoms with E-state index in [1.54, 1.807) is 6.92 Å². The third-order valence-corrected chi connectivity index (χ3v) is 3.38. The number of ether oxygens (including phenoxy) is 1. The lowest BCUT2D eigenvalue weighted by atomic mass is 10.2. The van der Waals surface area contributed by atoms with E-state index in [9.17, 15) is 14.9 Å². The second-order valence-electron chi connectivity index (χ2n) is 3.59. The van der Waals surface area contributed by atoms with Crippen LogP contribution in [0.1, 0.15) is 5.56 Å². The molecule has 1 aromatic heterocycles. The summed E-state index contributed by atoms with van der Waals surface area (Å²) in [6.07, 6.45) is 1.08. The van der Waals surface area contributed by atoms with Crippen molar-refractivity contribution < 1.29 is 19.6 Å². The summed E-state index contributed by atoms with van der Waals surface area (Å²) < 4.78 is 4.85. The van der Waals surface area contributed by atoms with Gasteiger partial charge in [0.1, 0.15) is 18.1 Å². The number of nitrogens with zero attached hydrogens (tertiary/aromatic N) is 2. The van der Waals surface area contributed by atoms with Gasteiger partial charge in [0.15, 0.2) is 0 Å². The molecule has 0 bridgehead atoms. The molecule has 0 fully saturated rings. The van der Waals surface area contributed by atoms with Gasteiger partial charge in [-0.1, -0.05) is 0 Å². The smallest absolute Gasteiger partial charge is 0.330 e. The molecule has 0 radical (unpaired) electrons. The lowest BCUT2D eigenvalue weighted by molar-refractivity contribution is -0.385. The summed E-state index contributed by atoms with van der Waals surface area (Å²) >= 11 is 3.16. The molecule has 0 aliphatic rings. The molecule has 0 saturated carbocycles. The van der Waals surface area contributed by atoms with Gasteiger partial charge in [0.2, 0.25) is 0 Å². The van der Waals surface area contributed by atoms with Crippen molar-refractivity contribution in [1.82, 2.24) is 4.98 Å². The molecule has 104 valence electrons. The Labute approximate surface area is 117 Å². The number of anilines is 1. The molecule has 1 aromatic rings. The van der Waals surface area contributed by atoms with Gasteiger partial charge in [0.05, 0.1) is 23.1 Å². The van der Waals surface area contributed by atoms with Gasteiger partial charge in [0.25, 0.3) is 5.69 Å². The number of aliphatic hydroxyl groups is 1. The molecular formula is C10H12BrN3O5. The number of rotatable bonds is 5. The Morgan fingerprint density at radius 1 is 1.74 bits per heavy atom. The minimum absolute atomic E-state index is 0.143. The zero-order chi connectivity index (χ0) is 14.6. The number of halogens is 1. The normalized spacial score (nSPS) is 11.8. The number of nitro groups is 1. The average Bonchev–Trinajstić information content (AvgIpc) is 2.39. The molecule has 1 atom stereocenters. The van der Waals surface area contributed by atoms with Crippen molar-refractivity contribution in [3.8, 4) is 0 Å². The van der Waals surface area contributed by atoms with Crippen LogP contribution in [0.2, 0.25) is 0 Å². The van der Waals surface area contributed by atoms with Gasteiger partial charge in [-0.2, -0.15) is 0 Å². The number of carbonyl (C=O) groups is 1. The number of nitrogens with one attached hydrogen (secondary N) is 1. The van der Waals surface area contributed by atoms with Crippen LogP contribution in [0.3, 0.4) is 0 Å². The Hall–Kier alpha value is -1.74. The van der Waals surface area contributed by atoms with Crippen LogP contribution in [0.25, 0.3) is 0 Å². The summed E-state index contributed by atoms with van der Waals surface area (Å²) in [4.78, 5) is 25.3. The van der Waals surface area contributed by atoms with Crippen LogP contribution in [-0.2, 0) is 9.53 Å². The van der Waals surface area contributed by atoms with Crippen molar-refractivity contribution >= 4 is 33.4 Å². The number of esters is 1. The molecule has 1 unspecified atom stereocenters. The van der Waals surface area contributed by atoms with Gasteiger partial charge in [0, 0.05) is 5.56 Å². The van der Waals surface area contributed by atoms with Crippen molar-refractivity contribution in [2.45, 2.75) is 13.0 Å². The molecule has 1 rings (SSSR count). The van der Waals surface area contributed by atoms with Gasteiger partial charge >= 0.3 is 5.97 Å². The van der Waals surface area contributed by atoms with Crippen molar-refractivity contribution in [1.29, 1.82) is 0 Å². The minimum Gasteiger partial charge on any atom is -0.467 e. The monoisotopic (exact) mass is 333 g/mol. The minimum atomic E-state index is -0.991. The Kier molecular flexibility index (Phi) is 5.19. The van der Waals surface area contributed by atoms with Gasteiger partial charge < -0.3 is 15.2 Å². The summed E-state index contributed by atoms with van der Waals surface area (Å²) in [5.74, 6) is -0.445. The van der Waals surface area contributed by atoms with Gasteiger partial charge in [-0.25, -0.2) is 9.78 Å². The zero-order valence-electron chi connectivity index (χ0n) is 10.2. The average molecular weight is 334 g/mol. The van der Waals surface area contributed by atoms with E-state index in [0.717, 1.165) is 6.20 Å². The molecule has 9 heteroatoms. The summed E-state index contributed by atoms with van der Waals surface area (Å²) in [6.45, 7) is 1.05. The quantitative estimate of drug-likeness (QED) is 0.469. The summed E-state index contributed by atoms with van der Waals surface area (Å²) in [7, 11) is 1.19. The maximum absolute atomic E-state index is 11.3. The van der Waals surface area contributed by atoms with Crippen LogP contribution in [-0.4, -0.2) is 40.7 Å².